The predicted molar refractivity (Wildman–Crippen MR) is 90.2 cm³/mol. The van der Waals surface area contributed by atoms with Crippen LogP contribution in [0.4, 0.5) is 11.6 Å². The first-order valence-electron chi connectivity index (χ1n) is 7.45. The quantitative estimate of drug-likeness (QED) is 0.934. The summed E-state index contributed by atoms with van der Waals surface area (Å²) >= 11 is 5.96. The number of carbonyl (C=O) groups is 1. The lowest BCUT2D eigenvalue weighted by atomic mass is 10.3. The summed E-state index contributed by atoms with van der Waals surface area (Å²) in [7, 11) is 2.06. The highest BCUT2D eigenvalue weighted by Gasteiger charge is 2.21. The number of hydrogen-bond donors (Lipinski definition) is 1. The van der Waals surface area contributed by atoms with Crippen molar-refractivity contribution in [3.05, 3.63) is 47.2 Å². The van der Waals surface area contributed by atoms with E-state index in [1.807, 2.05) is 17.0 Å². The summed E-state index contributed by atoms with van der Waals surface area (Å²) in [4.78, 5) is 25.0. The summed E-state index contributed by atoms with van der Waals surface area (Å²) in [6.45, 7) is 3.20. The van der Waals surface area contributed by atoms with Crippen molar-refractivity contribution in [2.75, 3.05) is 38.5 Å². The standard InChI is InChI=1S/C16H18ClN5O/c1-21-7-9-22(10-8-21)15(23)14-5-6-18-16(20-14)19-13-4-2-3-12(17)11-13/h2-6,11H,7-10H2,1H3,(H,18,19,20). The van der Waals surface area contributed by atoms with Gasteiger partial charge in [0.25, 0.3) is 5.91 Å². The molecule has 0 saturated carbocycles. The van der Waals surface area contributed by atoms with Gasteiger partial charge in [-0.15, -0.1) is 0 Å². The number of nitrogens with zero attached hydrogens (tertiary/aromatic N) is 4. The molecule has 1 aliphatic heterocycles. The molecule has 3 rings (SSSR count). The molecule has 120 valence electrons. The Morgan fingerprint density at radius 1 is 1.22 bits per heavy atom. The molecule has 1 N–H and O–H groups in total. The molecular weight excluding hydrogens is 314 g/mol. The molecular formula is C16H18ClN5O. The highest BCUT2D eigenvalue weighted by atomic mass is 35.5. The van der Waals surface area contributed by atoms with Crippen LogP contribution in [-0.4, -0.2) is 58.9 Å². The highest BCUT2D eigenvalue weighted by Crippen LogP contribution is 2.18. The second kappa shape index (κ2) is 6.93. The fourth-order valence-corrected chi connectivity index (χ4v) is 2.60. The van der Waals surface area contributed by atoms with Crippen LogP contribution in [0.25, 0.3) is 0 Å². The molecule has 1 fully saturated rings. The lowest BCUT2D eigenvalue weighted by Crippen LogP contribution is -2.47. The lowest BCUT2D eigenvalue weighted by molar-refractivity contribution is 0.0658. The van der Waals surface area contributed by atoms with Crippen LogP contribution in [-0.2, 0) is 0 Å². The fraction of sp³-hybridized carbons (Fsp3) is 0.312. The third-order valence-electron chi connectivity index (χ3n) is 3.75. The number of aromatic nitrogens is 2. The van der Waals surface area contributed by atoms with Crippen LogP contribution >= 0.6 is 11.6 Å². The fourth-order valence-electron chi connectivity index (χ4n) is 2.40. The first-order chi connectivity index (χ1) is 11.1. The van der Waals surface area contributed by atoms with Crippen molar-refractivity contribution in [2.24, 2.45) is 0 Å². The van der Waals surface area contributed by atoms with Gasteiger partial charge in [0.15, 0.2) is 0 Å². The number of nitrogens with one attached hydrogen (secondary N) is 1. The van der Waals surface area contributed by atoms with Gasteiger partial charge in [-0.2, -0.15) is 0 Å². The molecule has 0 radical (unpaired) electrons. The monoisotopic (exact) mass is 331 g/mol. The Bertz CT molecular complexity index is 700. The number of anilines is 2. The van der Waals surface area contributed by atoms with Crippen molar-refractivity contribution in [2.45, 2.75) is 0 Å². The number of likely N-dealkylation sites (N-methyl/N-ethyl adjacent to an activating group) is 1. The molecule has 1 amide bonds. The van der Waals surface area contributed by atoms with Crippen molar-refractivity contribution in [3.63, 3.8) is 0 Å². The van der Waals surface area contributed by atoms with Gasteiger partial charge in [0, 0.05) is 43.1 Å². The van der Waals surface area contributed by atoms with Crippen molar-refractivity contribution in [1.29, 1.82) is 0 Å². The van der Waals surface area contributed by atoms with Crippen LogP contribution in [0.5, 0.6) is 0 Å². The molecule has 6 nitrogen and oxygen atoms in total. The Morgan fingerprint density at radius 2 is 2.00 bits per heavy atom. The van der Waals surface area contributed by atoms with Crippen LogP contribution in [0.2, 0.25) is 5.02 Å². The number of hydrogen-bond acceptors (Lipinski definition) is 5. The third-order valence-corrected chi connectivity index (χ3v) is 3.98. The van der Waals surface area contributed by atoms with E-state index >= 15 is 0 Å². The maximum atomic E-state index is 12.5. The van der Waals surface area contributed by atoms with E-state index in [0.717, 1.165) is 31.9 Å². The molecule has 1 aliphatic rings. The number of carbonyl (C=O) groups excluding carboxylic acids is 1. The van der Waals surface area contributed by atoms with Crippen LogP contribution in [0, 0.1) is 0 Å². The van der Waals surface area contributed by atoms with Crippen molar-refractivity contribution in [3.8, 4) is 0 Å². The van der Waals surface area contributed by atoms with Gasteiger partial charge in [-0.05, 0) is 31.3 Å². The second-order valence-electron chi connectivity index (χ2n) is 5.50. The number of amides is 1. The molecule has 2 aromatic rings. The highest BCUT2D eigenvalue weighted by molar-refractivity contribution is 6.30. The van der Waals surface area contributed by atoms with Gasteiger partial charge >= 0.3 is 0 Å². The smallest absolute Gasteiger partial charge is 0.272 e. The van der Waals surface area contributed by atoms with Crippen molar-refractivity contribution in [1.82, 2.24) is 19.8 Å². The predicted octanol–water partition coefficient (Wildman–Crippen LogP) is 2.26. The largest absolute Gasteiger partial charge is 0.335 e. The minimum atomic E-state index is -0.0605. The Morgan fingerprint density at radius 3 is 2.74 bits per heavy atom. The molecule has 1 aromatic heterocycles. The summed E-state index contributed by atoms with van der Waals surface area (Å²) in [5.74, 6) is 0.321. The van der Waals surface area contributed by atoms with Crippen LogP contribution in [0.3, 0.4) is 0 Å². The van der Waals surface area contributed by atoms with Crippen molar-refractivity contribution >= 4 is 29.1 Å². The summed E-state index contributed by atoms with van der Waals surface area (Å²) in [5.41, 5.74) is 1.18. The van der Waals surface area contributed by atoms with Gasteiger partial charge in [0.05, 0.1) is 0 Å². The zero-order valence-corrected chi connectivity index (χ0v) is 13.6. The number of piperazine rings is 1. The second-order valence-corrected chi connectivity index (χ2v) is 5.93. The van der Waals surface area contributed by atoms with Gasteiger partial charge in [0.2, 0.25) is 5.95 Å². The molecule has 1 saturated heterocycles. The van der Waals surface area contributed by atoms with Gasteiger partial charge < -0.3 is 15.1 Å². The summed E-state index contributed by atoms with van der Waals surface area (Å²) in [6, 6.07) is 8.92. The molecule has 0 atom stereocenters. The Balaban J connectivity index is 1.73. The van der Waals surface area contributed by atoms with E-state index < -0.39 is 0 Å². The van der Waals surface area contributed by atoms with E-state index in [0.29, 0.717) is 16.7 Å². The van der Waals surface area contributed by atoms with E-state index in [1.54, 1.807) is 24.4 Å². The molecule has 2 heterocycles. The SMILES string of the molecule is CN1CCN(C(=O)c2ccnc(Nc3cccc(Cl)c3)n2)CC1. The van der Waals surface area contributed by atoms with E-state index in [1.165, 1.54) is 0 Å². The average molecular weight is 332 g/mol. The Labute approximate surface area is 140 Å². The summed E-state index contributed by atoms with van der Waals surface area (Å²) in [6.07, 6.45) is 1.59. The van der Waals surface area contributed by atoms with Crippen LogP contribution in [0.1, 0.15) is 10.5 Å². The summed E-state index contributed by atoms with van der Waals surface area (Å²) in [5, 5.41) is 3.69. The van der Waals surface area contributed by atoms with E-state index in [9.17, 15) is 4.79 Å². The first kappa shape index (κ1) is 15.7. The number of halogens is 1. The van der Waals surface area contributed by atoms with Gasteiger partial charge in [-0.3, -0.25) is 4.79 Å². The maximum Gasteiger partial charge on any atom is 0.272 e. The molecule has 7 heteroatoms. The molecule has 1 aromatic carbocycles. The molecule has 0 unspecified atom stereocenters. The third kappa shape index (κ3) is 3.97. The molecule has 0 aliphatic carbocycles. The molecule has 0 bridgehead atoms. The number of benzene rings is 1. The number of rotatable bonds is 3. The Hall–Kier alpha value is -2.18. The first-order valence-corrected chi connectivity index (χ1v) is 7.83. The zero-order valence-electron chi connectivity index (χ0n) is 12.9. The van der Waals surface area contributed by atoms with E-state index in [2.05, 4.69) is 27.2 Å². The van der Waals surface area contributed by atoms with Crippen molar-refractivity contribution < 1.29 is 4.79 Å². The molecule has 0 spiro atoms. The maximum absolute atomic E-state index is 12.5. The van der Waals surface area contributed by atoms with Gasteiger partial charge in [-0.25, -0.2) is 9.97 Å². The van der Waals surface area contributed by atoms with Gasteiger partial charge in [-0.1, -0.05) is 17.7 Å². The normalized spacial score (nSPS) is 15.5. The van der Waals surface area contributed by atoms with Gasteiger partial charge in [0.1, 0.15) is 5.69 Å². The minimum absolute atomic E-state index is 0.0605. The Kier molecular flexibility index (Phi) is 4.73. The van der Waals surface area contributed by atoms with E-state index in [4.69, 9.17) is 11.6 Å². The summed E-state index contributed by atoms with van der Waals surface area (Å²) < 4.78 is 0. The minimum Gasteiger partial charge on any atom is -0.335 e. The van der Waals surface area contributed by atoms with Crippen LogP contribution in [0.15, 0.2) is 36.5 Å². The van der Waals surface area contributed by atoms with E-state index in [-0.39, 0.29) is 5.91 Å². The molecule has 23 heavy (non-hydrogen) atoms. The topological polar surface area (TPSA) is 61.4 Å². The average Bonchev–Trinajstić information content (AvgIpc) is 2.55. The van der Waals surface area contributed by atoms with Crippen LogP contribution < -0.4 is 5.32 Å². The zero-order chi connectivity index (χ0) is 16.2. The lowest BCUT2D eigenvalue weighted by Gasteiger charge is -2.32.